The summed E-state index contributed by atoms with van der Waals surface area (Å²) in [7, 11) is 0. The zero-order valence-electron chi connectivity index (χ0n) is 13.6. The topological polar surface area (TPSA) is 37.3 Å². The van der Waals surface area contributed by atoms with Crippen LogP contribution in [0, 0.1) is 34.5 Å². The molecule has 2 heteroatoms. The van der Waals surface area contributed by atoms with Crippen molar-refractivity contribution in [2.75, 3.05) is 0 Å². The van der Waals surface area contributed by atoms with Gasteiger partial charge < -0.3 is 5.11 Å². The first-order chi connectivity index (χ1) is 9.95. The Labute approximate surface area is 128 Å². The molecule has 118 valence electrons. The minimum atomic E-state index is -0.0541. The van der Waals surface area contributed by atoms with Crippen molar-refractivity contribution < 1.29 is 9.90 Å². The van der Waals surface area contributed by atoms with E-state index in [4.69, 9.17) is 0 Å². The Kier molecular flexibility index (Phi) is 3.10. The van der Waals surface area contributed by atoms with E-state index in [1.165, 1.54) is 25.7 Å². The molecule has 0 heterocycles. The summed E-state index contributed by atoms with van der Waals surface area (Å²) in [5.41, 5.74) is 0.452. The normalized spacial score (nSPS) is 56.5. The van der Waals surface area contributed by atoms with Crippen LogP contribution in [-0.4, -0.2) is 17.0 Å². The van der Waals surface area contributed by atoms with Crippen molar-refractivity contribution in [3.8, 4) is 0 Å². The largest absolute Gasteiger partial charge is 0.393 e. The lowest BCUT2D eigenvalue weighted by Gasteiger charge is -2.60. The number of hydrogen-bond acceptors (Lipinski definition) is 2. The molecule has 0 aromatic rings. The van der Waals surface area contributed by atoms with Gasteiger partial charge in [0, 0.05) is 11.8 Å². The second kappa shape index (κ2) is 4.57. The molecule has 0 radical (unpaired) electrons. The maximum absolute atomic E-state index is 12.4. The number of carbonyl (C=O) groups is 1. The molecule has 0 aliphatic heterocycles. The monoisotopic (exact) mass is 290 g/mol. The van der Waals surface area contributed by atoms with E-state index in [9.17, 15) is 9.90 Å². The van der Waals surface area contributed by atoms with Crippen LogP contribution in [0.25, 0.3) is 0 Å². The molecule has 0 bridgehead atoms. The van der Waals surface area contributed by atoms with E-state index < -0.39 is 0 Å². The van der Waals surface area contributed by atoms with Gasteiger partial charge in [-0.2, -0.15) is 0 Å². The maximum Gasteiger partial charge on any atom is 0.139 e. The zero-order chi connectivity index (χ0) is 14.8. The van der Waals surface area contributed by atoms with E-state index in [1.54, 1.807) is 0 Å². The minimum absolute atomic E-state index is 0.0124. The molecule has 0 saturated heterocycles. The van der Waals surface area contributed by atoms with Crippen LogP contribution in [0.5, 0.6) is 0 Å². The van der Waals surface area contributed by atoms with Gasteiger partial charge in [-0.05, 0) is 80.5 Å². The molecule has 2 nitrogen and oxygen atoms in total. The van der Waals surface area contributed by atoms with Crippen LogP contribution < -0.4 is 0 Å². The average Bonchev–Trinajstić information content (AvgIpc) is 2.76. The summed E-state index contributed by atoms with van der Waals surface area (Å²) in [5.74, 6) is 3.54. The van der Waals surface area contributed by atoms with Crippen LogP contribution in [0.2, 0.25) is 0 Å². The highest BCUT2D eigenvalue weighted by molar-refractivity contribution is 5.87. The molecule has 0 unspecified atom stereocenters. The molecule has 4 aliphatic carbocycles. The first-order valence-corrected chi connectivity index (χ1v) is 9.16. The van der Waals surface area contributed by atoms with E-state index in [-0.39, 0.29) is 11.5 Å². The summed E-state index contributed by atoms with van der Waals surface area (Å²) in [6.07, 6.45) is 10.1. The quantitative estimate of drug-likeness (QED) is 0.733. The van der Waals surface area contributed by atoms with Crippen molar-refractivity contribution in [2.45, 2.75) is 77.7 Å². The van der Waals surface area contributed by atoms with E-state index >= 15 is 0 Å². The van der Waals surface area contributed by atoms with Gasteiger partial charge in [-0.3, -0.25) is 4.79 Å². The SMILES string of the molecule is C[C@]12CC[C@H](O)C[C@H]1CC[C@@H]1[C@@H]2CC[C@@]2(C)C(=O)CC[C@@H]12. The summed E-state index contributed by atoms with van der Waals surface area (Å²) >= 11 is 0. The number of aliphatic hydroxyl groups excluding tert-OH is 1. The van der Waals surface area contributed by atoms with E-state index in [1.807, 2.05) is 0 Å². The van der Waals surface area contributed by atoms with Gasteiger partial charge >= 0.3 is 0 Å². The number of ketones is 1. The summed E-state index contributed by atoms with van der Waals surface area (Å²) in [6, 6.07) is 0. The van der Waals surface area contributed by atoms with Gasteiger partial charge in [0.05, 0.1) is 6.10 Å². The van der Waals surface area contributed by atoms with E-state index in [2.05, 4.69) is 13.8 Å². The van der Waals surface area contributed by atoms with Gasteiger partial charge in [0.2, 0.25) is 0 Å². The van der Waals surface area contributed by atoms with Crippen molar-refractivity contribution in [1.29, 1.82) is 0 Å². The standard InChI is InChI=1S/C19H30O2/c1-18-9-7-13(20)11-12(18)3-4-14-15-5-6-17(21)19(15,2)10-8-16(14)18/h12-16,20H,3-11H2,1-2H3/t12-,13+,14+,15+,16+,18+,19-/m1/s1. The Hall–Kier alpha value is -0.370. The maximum atomic E-state index is 12.4. The molecular formula is C19H30O2. The number of hydrogen-bond donors (Lipinski definition) is 1. The molecule has 4 aliphatic rings. The molecular weight excluding hydrogens is 260 g/mol. The van der Waals surface area contributed by atoms with Gasteiger partial charge in [-0.15, -0.1) is 0 Å². The van der Waals surface area contributed by atoms with Gasteiger partial charge in [-0.1, -0.05) is 13.8 Å². The van der Waals surface area contributed by atoms with Crippen LogP contribution in [0.15, 0.2) is 0 Å². The number of Topliss-reactive ketones (excluding diaryl/α,β-unsaturated/α-hetero) is 1. The van der Waals surface area contributed by atoms with Crippen molar-refractivity contribution in [2.24, 2.45) is 34.5 Å². The summed E-state index contributed by atoms with van der Waals surface area (Å²) < 4.78 is 0. The Morgan fingerprint density at radius 2 is 1.81 bits per heavy atom. The second-order valence-corrected chi connectivity index (χ2v) is 9.00. The van der Waals surface area contributed by atoms with Gasteiger partial charge in [0.15, 0.2) is 0 Å². The fourth-order valence-electron chi connectivity index (χ4n) is 7.01. The third kappa shape index (κ3) is 1.84. The molecule has 7 atom stereocenters. The molecule has 4 fully saturated rings. The molecule has 0 spiro atoms. The number of rotatable bonds is 0. The smallest absolute Gasteiger partial charge is 0.139 e. The van der Waals surface area contributed by atoms with Crippen molar-refractivity contribution in [1.82, 2.24) is 0 Å². The van der Waals surface area contributed by atoms with Crippen LogP contribution in [0.4, 0.5) is 0 Å². The summed E-state index contributed by atoms with van der Waals surface area (Å²) in [4.78, 5) is 12.4. The molecule has 0 aromatic heterocycles. The Bertz CT molecular complexity index is 458. The molecule has 0 aromatic carbocycles. The Morgan fingerprint density at radius 3 is 2.62 bits per heavy atom. The van der Waals surface area contributed by atoms with E-state index in [0.29, 0.717) is 17.1 Å². The van der Waals surface area contributed by atoms with Gasteiger partial charge in [-0.25, -0.2) is 0 Å². The number of carbonyl (C=O) groups excluding carboxylic acids is 1. The zero-order valence-corrected chi connectivity index (χ0v) is 13.6. The third-order valence-electron chi connectivity index (χ3n) is 8.35. The van der Waals surface area contributed by atoms with Crippen molar-refractivity contribution in [3.63, 3.8) is 0 Å². The molecule has 0 amide bonds. The minimum Gasteiger partial charge on any atom is -0.393 e. The van der Waals surface area contributed by atoms with E-state index in [0.717, 1.165) is 49.9 Å². The predicted octanol–water partition coefficient (Wildman–Crippen LogP) is 3.96. The molecule has 1 N–H and O–H groups in total. The first-order valence-electron chi connectivity index (χ1n) is 9.16. The first kappa shape index (κ1) is 14.2. The van der Waals surface area contributed by atoms with Crippen molar-refractivity contribution in [3.05, 3.63) is 0 Å². The highest BCUT2D eigenvalue weighted by Gasteiger charge is 2.60. The summed E-state index contributed by atoms with van der Waals surface area (Å²) in [5, 5.41) is 10.0. The molecule has 4 saturated carbocycles. The van der Waals surface area contributed by atoms with Crippen LogP contribution in [-0.2, 0) is 4.79 Å². The third-order valence-corrected chi connectivity index (χ3v) is 8.35. The fraction of sp³-hybridized carbons (Fsp3) is 0.947. The fourth-order valence-corrected chi connectivity index (χ4v) is 7.01. The average molecular weight is 290 g/mol. The Morgan fingerprint density at radius 1 is 1.00 bits per heavy atom. The lowest BCUT2D eigenvalue weighted by Crippen LogP contribution is -2.54. The summed E-state index contributed by atoms with van der Waals surface area (Å²) in [6.45, 7) is 4.78. The van der Waals surface area contributed by atoms with Gasteiger partial charge in [0.25, 0.3) is 0 Å². The second-order valence-electron chi connectivity index (χ2n) is 9.00. The van der Waals surface area contributed by atoms with Crippen LogP contribution in [0.3, 0.4) is 0 Å². The lowest BCUT2D eigenvalue weighted by molar-refractivity contribution is -0.142. The van der Waals surface area contributed by atoms with Gasteiger partial charge in [0.1, 0.15) is 5.78 Å². The van der Waals surface area contributed by atoms with Crippen molar-refractivity contribution >= 4 is 5.78 Å². The van der Waals surface area contributed by atoms with Crippen LogP contribution in [0.1, 0.15) is 71.6 Å². The molecule has 4 rings (SSSR count). The predicted molar refractivity (Wildman–Crippen MR) is 82.7 cm³/mol. The number of fused-ring (bicyclic) bond motifs is 5. The highest BCUT2D eigenvalue weighted by Crippen LogP contribution is 2.65. The highest BCUT2D eigenvalue weighted by atomic mass is 16.3. The molecule has 21 heavy (non-hydrogen) atoms. The van der Waals surface area contributed by atoms with Crippen LogP contribution >= 0.6 is 0 Å². The number of aliphatic hydroxyl groups is 1. The lowest BCUT2D eigenvalue weighted by atomic mass is 9.45. The Balaban J connectivity index is 1.64.